The largest absolute Gasteiger partial charge is 0.482 e. The minimum atomic E-state index is -0.830. The number of imide groups is 1. The number of hydrogen-bond acceptors (Lipinski definition) is 5. The number of ether oxygens (including phenoxy) is 1. The van der Waals surface area contributed by atoms with Crippen LogP contribution in [0.4, 0.5) is 0 Å². The summed E-state index contributed by atoms with van der Waals surface area (Å²) in [6.45, 7) is 3.42. The van der Waals surface area contributed by atoms with Crippen molar-refractivity contribution in [3.05, 3.63) is 64.7 Å². The molecule has 0 radical (unpaired) electrons. The second kappa shape index (κ2) is 6.16. The van der Waals surface area contributed by atoms with Crippen LogP contribution in [0.15, 0.2) is 42.5 Å². The highest BCUT2D eigenvalue weighted by Crippen LogP contribution is 2.23. The lowest BCUT2D eigenvalue weighted by Crippen LogP contribution is -2.34. The van der Waals surface area contributed by atoms with Gasteiger partial charge in [-0.25, -0.2) is 4.79 Å². The Labute approximate surface area is 138 Å². The third kappa shape index (κ3) is 2.99. The van der Waals surface area contributed by atoms with Crippen molar-refractivity contribution >= 4 is 17.8 Å². The van der Waals surface area contributed by atoms with Gasteiger partial charge in [0, 0.05) is 0 Å². The van der Waals surface area contributed by atoms with Crippen molar-refractivity contribution in [2.45, 2.75) is 13.8 Å². The van der Waals surface area contributed by atoms with Gasteiger partial charge in [-0.2, -0.15) is 0 Å². The first-order valence-electron chi connectivity index (χ1n) is 7.35. The van der Waals surface area contributed by atoms with E-state index in [4.69, 9.17) is 9.57 Å². The van der Waals surface area contributed by atoms with Gasteiger partial charge in [-0.3, -0.25) is 9.59 Å². The first-order valence-corrected chi connectivity index (χ1v) is 7.35. The predicted octanol–water partition coefficient (Wildman–Crippen LogP) is 2.44. The minimum Gasteiger partial charge on any atom is -0.482 e. The Morgan fingerprint density at radius 3 is 2.04 bits per heavy atom. The minimum absolute atomic E-state index is 0.213. The molecular weight excluding hydrogens is 310 g/mol. The first-order chi connectivity index (χ1) is 11.5. The fourth-order valence-electron chi connectivity index (χ4n) is 2.54. The number of hydroxylamine groups is 2. The van der Waals surface area contributed by atoms with Crippen LogP contribution in [-0.2, 0) is 9.63 Å². The van der Waals surface area contributed by atoms with Crippen LogP contribution in [0.2, 0.25) is 0 Å². The Balaban J connectivity index is 1.64. The second-order valence-electron chi connectivity index (χ2n) is 5.53. The molecule has 2 amide bonds. The molecule has 0 N–H and O–H groups in total. The quantitative estimate of drug-likeness (QED) is 0.807. The lowest BCUT2D eigenvalue weighted by atomic mass is 10.1. The summed E-state index contributed by atoms with van der Waals surface area (Å²) in [6, 6.07) is 11.8. The molecule has 1 heterocycles. The Morgan fingerprint density at radius 1 is 0.958 bits per heavy atom. The van der Waals surface area contributed by atoms with Gasteiger partial charge < -0.3 is 9.57 Å². The van der Waals surface area contributed by atoms with Crippen LogP contribution in [0.3, 0.4) is 0 Å². The van der Waals surface area contributed by atoms with Crippen molar-refractivity contribution in [1.29, 1.82) is 0 Å². The fourth-order valence-corrected chi connectivity index (χ4v) is 2.54. The van der Waals surface area contributed by atoms with Gasteiger partial charge in [0.2, 0.25) is 0 Å². The highest BCUT2D eigenvalue weighted by Gasteiger charge is 2.38. The standard InChI is InChI=1S/C18H15NO5/c1-11-7-12(2)9-13(8-11)23-10-16(20)24-19-17(21)14-5-3-4-6-15(14)18(19)22/h3-9H,10H2,1-2H3. The van der Waals surface area contributed by atoms with E-state index in [0.29, 0.717) is 10.8 Å². The zero-order valence-corrected chi connectivity index (χ0v) is 13.2. The average molecular weight is 325 g/mol. The van der Waals surface area contributed by atoms with Crippen LogP contribution in [0, 0.1) is 13.8 Å². The molecule has 24 heavy (non-hydrogen) atoms. The Kier molecular flexibility index (Phi) is 4.04. The number of amides is 2. The lowest BCUT2D eigenvalue weighted by Gasteiger charge is -2.13. The van der Waals surface area contributed by atoms with Crippen LogP contribution in [0.5, 0.6) is 5.75 Å². The fraction of sp³-hybridized carbons (Fsp3) is 0.167. The van der Waals surface area contributed by atoms with E-state index in [1.54, 1.807) is 24.3 Å². The van der Waals surface area contributed by atoms with Crippen LogP contribution in [0.25, 0.3) is 0 Å². The molecule has 1 aliphatic heterocycles. The molecule has 0 spiro atoms. The molecule has 122 valence electrons. The summed E-state index contributed by atoms with van der Waals surface area (Å²) < 4.78 is 5.36. The summed E-state index contributed by atoms with van der Waals surface area (Å²) >= 11 is 0. The molecule has 0 saturated heterocycles. The van der Waals surface area contributed by atoms with E-state index in [-0.39, 0.29) is 11.1 Å². The lowest BCUT2D eigenvalue weighted by molar-refractivity contribution is -0.170. The maximum atomic E-state index is 12.1. The van der Waals surface area contributed by atoms with E-state index in [1.807, 2.05) is 19.9 Å². The van der Waals surface area contributed by atoms with Gasteiger partial charge in [0.1, 0.15) is 5.75 Å². The monoisotopic (exact) mass is 325 g/mol. The predicted molar refractivity (Wildman–Crippen MR) is 84.4 cm³/mol. The number of carbonyl (C=O) groups excluding carboxylic acids is 3. The third-order valence-corrected chi connectivity index (χ3v) is 3.50. The molecule has 0 atom stereocenters. The van der Waals surface area contributed by atoms with E-state index in [9.17, 15) is 14.4 Å². The Hall–Kier alpha value is -3.15. The molecular formula is C18H15NO5. The number of carbonyl (C=O) groups is 3. The second-order valence-corrected chi connectivity index (χ2v) is 5.53. The molecule has 3 rings (SSSR count). The molecule has 0 bridgehead atoms. The zero-order valence-electron chi connectivity index (χ0n) is 13.2. The van der Waals surface area contributed by atoms with E-state index in [2.05, 4.69) is 0 Å². The van der Waals surface area contributed by atoms with Gasteiger partial charge in [0.25, 0.3) is 11.8 Å². The van der Waals surface area contributed by atoms with Gasteiger partial charge in [0.05, 0.1) is 11.1 Å². The molecule has 1 aliphatic rings. The summed E-state index contributed by atoms with van der Waals surface area (Å²) in [5.74, 6) is -1.62. The van der Waals surface area contributed by atoms with Crippen molar-refractivity contribution in [3.8, 4) is 5.75 Å². The molecule has 0 fully saturated rings. The summed E-state index contributed by atoms with van der Waals surface area (Å²) in [6.07, 6.45) is 0. The van der Waals surface area contributed by atoms with Gasteiger partial charge in [-0.05, 0) is 49.2 Å². The highest BCUT2D eigenvalue weighted by atomic mass is 16.7. The zero-order chi connectivity index (χ0) is 17.3. The van der Waals surface area contributed by atoms with Crippen LogP contribution in [0.1, 0.15) is 31.8 Å². The summed E-state index contributed by atoms with van der Waals surface area (Å²) in [5.41, 5.74) is 2.42. The number of nitrogens with zero attached hydrogens (tertiary/aromatic N) is 1. The van der Waals surface area contributed by atoms with Gasteiger partial charge in [-0.1, -0.05) is 23.3 Å². The van der Waals surface area contributed by atoms with Crippen molar-refractivity contribution < 1.29 is 24.0 Å². The van der Waals surface area contributed by atoms with E-state index < -0.39 is 24.4 Å². The summed E-state index contributed by atoms with van der Waals surface area (Å²) in [4.78, 5) is 40.9. The third-order valence-electron chi connectivity index (χ3n) is 3.50. The van der Waals surface area contributed by atoms with Gasteiger partial charge >= 0.3 is 5.97 Å². The Bertz CT molecular complexity index is 788. The maximum absolute atomic E-state index is 12.1. The van der Waals surface area contributed by atoms with E-state index >= 15 is 0 Å². The normalized spacial score (nSPS) is 13.0. The topological polar surface area (TPSA) is 72.9 Å². The summed E-state index contributed by atoms with van der Waals surface area (Å²) in [7, 11) is 0. The molecule has 6 nitrogen and oxygen atoms in total. The van der Waals surface area contributed by atoms with E-state index in [0.717, 1.165) is 11.1 Å². The first kappa shape index (κ1) is 15.7. The molecule has 0 unspecified atom stereocenters. The van der Waals surface area contributed by atoms with Gasteiger partial charge in [-0.15, -0.1) is 0 Å². The van der Waals surface area contributed by atoms with Crippen molar-refractivity contribution in [3.63, 3.8) is 0 Å². The smallest absolute Gasteiger partial charge is 0.370 e. The Morgan fingerprint density at radius 2 is 1.50 bits per heavy atom. The number of benzene rings is 2. The molecule has 2 aromatic carbocycles. The van der Waals surface area contributed by atoms with Crippen molar-refractivity contribution in [2.24, 2.45) is 0 Å². The van der Waals surface area contributed by atoms with Gasteiger partial charge in [0.15, 0.2) is 6.61 Å². The number of fused-ring (bicyclic) bond motifs is 1. The van der Waals surface area contributed by atoms with E-state index in [1.165, 1.54) is 12.1 Å². The van der Waals surface area contributed by atoms with Crippen LogP contribution in [-0.4, -0.2) is 29.5 Å². The van der Waals surface area contributed by atoms with Crippen molar-refractivity contribution in [1.82, 2.24) is 5.06 Å². The molecule has 0 aliphatic carbocycles. The molecule has 2 aromatic rings. The number of hydrogen-bond donors (Lipinski definition) is 0. The molecule has 0 saturated carbocycles. The van der Waals surface area contributed by atoms with Crippen LogP contribution < -0.4 is 4.74 Å². The summed E-state index contributed by atoms with van der Waals surface area (Å²) in [5, 5.41) is 0.470. The average Bonchev–Trinajstić information content (AvgIpc) is 2.78. The number of aryl methyl sites for hydroxylation is 2. The molecule has 0 aromatic heterocycles. The van der Waals surface area contributed by atoms with Crippen LogP contribution >= 0.6 is 0 Å². The molecule has 6 heteroatoms. The highest BCUT2D eigenvalue weighted by molar-refractivity contribution is 6.20. The SMILES string of the molecule is Cc1cc(C)cc(OCC(=O)ON2C(=O)c3ccccc3C2=O)c1. The maximum Gasteiger partial charge on any atom is 0.370 e. The van der Waals surface area contributed by atoms with Crippen molar-refractivity contribution in [2.75, 3.05) is 6.61 Å². The number of rotatable bonds is 4.